The Labute approximate surface area is 83.4 Å². The highest BCUT2D eigenvalue weighted by Gasteiger charge is 2.30. The summed E-state index contributed by atoms with van der Waals surface area (Å²) in [6, 6.07) is 4.55. The van der Waals surface area contributed by atoms with Crippen molar-refractivity contribution in [3.63, 3.8) is 0 Å². The van der Waals surface area contributed by atoms with Crippen LogP contribution in [-0.2, 0) is 0 Å². The van der Waals surface area contributed by atoms with Crippen LogP contribution in [0, 0.1) is 5.92 Å². The van der Waals surface area contributed by atoms with Crippen molar-refractivity contribution in [2.75, 3.05) is 5.32 Å². The first kappa shape index (κ1) is 7.80. The maximum absolute atomic E-state index is 4.34. The summed E-state index contributed by atoms with van der Waals surface area (Å²) in [5.74, 6) is 1.57. The van der Waals surface area contributed by atoms with E-state index in [1.165, 1.54) is 11.1 Å². The predicted octanol–water partition coefficient (Wildman–Crippen LogP) is 2.46. The third-order valence-corrected chi connectivity index (χ3v) is 2.96. The van der Waals surface area contributed by atoms with Crippen molar-refractivity contribution in [2.24, 2.45) is 5.92 Å². The molecule has 2 nitrogen and oxygen atoms in total. The van der Waals surface area contributed by atoms with Crippen LogP contribution >= 0.6 is 0 Å². The fourth-order valence-electron chi connectivity index (χ4n) is 2.20. The zero-order chi connectivity index (χ0) is 9.54. The van der Waals surface area contributed by atoms with Gasteiger partial charge < -0.3 is 5.32 Å². The summed E-state index contributed by atoms with van der Waals surface area (Å²) >= 11 is 0. The summed E-state index contributed by atoms with van der Waals surface area (Å²) in [6.45, 7) is 2.23. The van der Waals surface area contributed by atoms with Gasteiger partial charge in [-0.1, -0.05) is 25.2 Å². The summed E-state index contributed by atoms with van der Waals surface area (Å²) in [6.07, 6.45) is 8.39. The van der Waals surface area contributed by atoms with Crippen LogP contribution in [0.1, 0.15) is 12.5 Å². The molecule has 1 aromatic rings. The van der Waals surface area contributed by atoms with E-state index < -0.39 is 0 Å². The first-order valence-corrected chi connectivity index (χ1v) is 4.96. The topological polar surface area (TPSA) is 24.9 Å². The third-order valence-electron chi connectivity index (χ3n) is 2.96. The largest absolute Gasteiger partial charge is 0.362 e. The fraction of sp³-hybridized carbons (Fsp3) is 0.250. The molecule has 0 amide bonds. The molecular formula is C12H12N2. The molecule has 2 heteroatoms. The molecule has 0 saturated heterocycles. The Morgan fingerprint density at radius 2 is 2.36 bits per heavy atom. The van der Waals surface area contributed by atoms with Gasteiger partial charge in [0.2, 0.25) is 0 Å². The Bertz CT molecular complexity index is 432. The van der Waals surface area contributed by atoms with Crippen LogP contribution in [0.15, 0.2) is 36.6 Å². The van der Waals surface area contributed by atoms with E-state index in [1.54, 1.807) is 0 Å². The first-order chi connectivity index (χ1) is 6.86. The Morgan fingerprint density at radius 3 is 3.29 bits per heavy atom. The number of rotatable bonds is 0. The number of allylic oxidation sites excluding steroid dienone is 2. The van der Waals surface area contributed by atoms with Gasteiger partial charge >= 0.3 is 0 Å². The second-order valence-electron chi connectivity index (χ2n) is 3.89. The van der Waals surface area contributed by atoms with Crippen LogP contribution in [0.2, 0.25) is 0 Å². The van der Waals surface area contributed by atoms with Crippen molar-refractivity contribution in [3.05, 3.63) is 42.1 Å². The van der Waals surface area contributed by atoms with Crippen molar-refractivity contribution in [1.29, 1.82) is 0 Å². The summed E-state index contributed by atoms with van der Waals surface area (Å²) in [4.78, 5) is 4.34. The molecule has 2 aliphatic rings. The molecule has 3 rings (SSSR count). The lowest BCUT2D eigenvalue weighted by Gasteiger charge is -2.20. The zero-order valence-corrected chi connectivity index (χ0v) is 8.07. The van der Waals surface area contributed by atoms with E-state index >= 15 is 0 Å². The SMILES string of the molecule is CC1C=CC=C2c3cccnc3NC21. The molecular weight excluding hydrogens is 172 g/mol. The van der Waals surface area contributed by atoms with Crippen molar-refractivity contribution >= 4 is 11.4 Å². The number of aromatic nitrogens is 1. The molecule has 2 heterocycles. The van der Waals surface area contributed by atoms with Gasteiger partial charge in [-0.15, -0.1) is 0 Å². The Balaban J connectivity index is 2.15. The van der Waals surface area contributed by atoms with E-state index in [-0.39, 0.29) is 0 Å². The molecule has 0 radical (unpaired) electrons. The van der Waals surface area contributed by atoms with Crippen LogP contribution in [0.4, 0.5) is 5.82 Å². The molecule has 0 saturated carbocycles. The summed E-state index contributed by atoms with van der Waals surface area (Å²) < 4.78 is 0. The van der Waals surface area contributed by atoms with Crippen molar-refractivity contribution < 1.29 is 0 Å². The standard InChI is InChI=1S/C12H12N2/c1-8-4-2-5-9-10-6-3-7-13-12(10)14-11(8)9/h2-8,11H,1H3,(H,13,14). The minimum atomic E-state index is 0.421. The maximum Gasteiger partial charge on any atom is 0.134 e. The van der Waals surface area contributed by atoms with E-state index in [0.29, 0.717) is 12.0 Å². The number of hydrogen-bond donors (Lipinski definition) is 1. The number of nitrogens with one attached hydrogen (secondary N) is 1. The van der Waals surface area contributed by atoms with Gasteiger partial charge in [-0.3, -0.25) is 0 Å². The van der Waals surface area contributed by atoms with Gasteiger partial charge in [-0.25, -0.2) is 4.98 Å². The molecule has 0 fully saturated rings. The van der Waals surface area contributed by atoms with Gasteiger partial charge in [-0.05, 0) is 23.6 Å². The van der Waals surface area contributed by atoms with Crippen LogP contribution in [0.5, 0.6) is 0 Å². The lowest BCUT2D eigenvalue weighted by molar-refractivity contribution is 0.683. The highest BCUT2D eigenvalue weighted by Crippen LogP contribution is 2.38. The van der Waals surface area contributed by atoms with E-state index in [2.05, 4.69) is 41.5 Å². The van der Waals surface area contributed by atoms with Crippen molar-refractivity contribution in [1.82, 2.24) is 4.98 Å². The summed E-state index contributed by atoms with van der Waals surface area (Å²) in [5, 5.41) is 3.46. The van der Waals surface area contributed by atoms with E-state index in [4.69, 9.17) is 0 Å². The molecule has 14 heavy (non-hydrogen) atoms. The van der Waals surface area contributed by atoms with Gasteiger partial charge in [-0.2, -0.15) is 0 Å². The normalized spacial score (nSPS) is 27.6. The Kier molecular flexibility index (Phi) is 1.51. The molecule has 1 aliphatic carbocycles. The van der Waals surface area contributed by atoms with Crippen molar-refractivity contribution in [2.45, 2.75) is 13.0 Å². The molecule has 70 valence electrons. The van der Waals surface area contributed by atoms with Gasteiger partial charge in [0.25, 0.3) is 0 Å². The smallest absolute Gasteiger partial charge is 0.134 e. The van der Waals surface area contributed by atoms with Gasteiger partial charge in [0.05, 0.1) is 6.04 Å². The molecule has 1 aliphatic heterocycles. The highest BCUT2D eigenvalue weighted by molar-refractivity contribution is 5.86. The second-order valence-corrected chi connectivity index (χ2v) is 3.89. The van der Waals surface area contributed by atoms with E-state index in [0.717, 1.165) is 5.82 Å². The minimum Gasteiger partial charge on any atom is -0.362 e. The molecule has 2 atom stereocenters. The average Bonchev–Trinajstić information content (AvgIpc) is 2.59. The van der Waals surface area contributed by atoms with E-state index in [1.807, 2.05) is 12.3 Å². The monoisotopic (exact) mass is 184 g/mol. The number of nitrogens with zero attached hydrogens (tertiary/aromatic N) is 1. The minimum absolute atomic E-state index is 0.421. The van der Waals surface area contributed by atoms with Crippen LogP contribution in [-0.4, -0.2) is 11.0 Å². The van der Waals surface area contributed by atoms with Gasteiger partial charge in [0.15, 0.2) is 0 Å². The summed E-state index contributed by atoms with van der Waals surface area (Å²) in [7, 11) is 0. The van der Waals surface area contributed by atoms with Gasteiger partial charge in [0.1, 0.15) is 5.82 Å². The Hall–Kier alpha value is -1.57. The van der Waals surface area contributed by atoms with Crippen LogP contribution in [0.25, 0.3) is 5.57 Å². The highest BCUT2D eigenvalue weighted by atomic mass is 15.0. The van der Waals surface area contributed by atoms with Crippen molar-refractivity contribution in [3.8, 4) is 0 Å². The summed E-state index contributed by atoms with van der Waals surface area (Å²) in [5.41, 5.74) is 2.64. The third kappa shape index (κ3) is 0.939. The zero-order valence-electron chi connectivity index (χ0n) is 8.07. The number of fused-ring (bicyclic) bond motifs is 3. The molecule has 2 unspecified atom stereocenters. The molecule has 1 aromatic heterocycles. The lowest BCUT2D eigenvalue weighted by Crippen LogP contribution is -2.23. The molecule has 0 bridgehead atoms. The van der Waals surface area contributed by atoms with Crippen LogP contribution < -0.4 is 5.32 Å². The Morgan fingerprint density at radius 1 is 1.43 bits per heavy atom. The maximum atomic E-state index is 4.34. The quantitative estimate of drug-likeness (QED) is 0.670. The number of pyridine rings is 1. The lowest BCUT2D eigenvalue weighted by atomic mass is 9.89. The average molecular weight is 184 g/mol. The molecule has 0 spiro atoms. The first-order valence-electron chi connectivity index (χ1n) is 4.96. The van der Waals surface area contributed by atoms with Gasteiger partial charge in [0, 0.05) is 11.8 Å². The predicted molar refractivity (Wildman–Crippen MR) is 57.9 cm³/mol. The fourth-order valence-corrected chi connectivity index (χ4v) is 2.20. The molecule has 1 N–H and O–H groups in total. The number of hydrogen-bond acceptors (Lipinski definition) is 2. The van der Waals surface area contributed by atoms with E-state index in [9.17, 15) is 0 Å². The second kappa shape index (κ2) is 2.71. The number of anilines is 1. The molecule has 0 aromatic carbocycles. The van der Waals surface area contributed by atoms with Crippen LogP contribution in [0.3, 0.4) is 0 Å².